The highest BCUT2D eigenvalue weighted by atomic mass is 32.1. The van der Waals surface area contributed by atoms with E-state index in [-0.39, 0.29) is 12.2 Å². The summed E-state index contributed by atoms with van der Waals surface area (Å²) in [5, 5.41) is 7.86. The first-order chi connectivity index (χ1) is 10.0. The molecule has 1 saturated carbocycles. The Labute approximate surface area is 131 Å². The molecular formula is C17H26N2OS. The third-order valence-electron chi connectivity index (χ3n) is 5.44. The average Bonchev–Trinajstić information content (AvgIpc) is 3.12. The van der Waals surface area contributed by atoms with Crippen LogP contribution in [0.5, 0.6) is 0 Å². The van der Waals surface area contributed by atoms with Gasteiger partial charge in [0.05, 0.1) is 6.04 Å². The Balaban J connectivity index is 1.92. The van der Waals surface area contributed by atoms with E-state index in [0.29, 0.717) is 29.7 Å². The fourth-order valence-corrected chi connectivity index (χ4v) is 4.54. The zero-order chi connectivity index (χ0) is 15.1. The molecular weight excluding hydrogens is 280 g/mol. The van der Waals surface area contributed by atoms with Crippen LogP contribution in [-0.4, -0.2) is 22.9 Å². The summed E-state index contributed by atoms with van der Waals surface area (Å²) in [7, 11) is 0. The van der Waals surface area contributed by atoms with E-state index in [9.17, 15) is 4.79 Å². The van der Waals surface area contributed by atoms with Crippen molar-refractivity contribution in [2.24, 2.45) is 17.8 Å². The molecule has 2 heterocycles. The predicted molar refractivity (Wildman–Crippen MR) is 87.0 cm³/mol. The third-order valence-corrected chi connectivity index (χ3v) is 6.14. The van der Waals surface area contributed by atoms with Crippen molar-refractivity contribution in [3.63, 3.8) is 0 Å². The molecule has 3 rings (SSSR count). The van der Waals surface area contributed by atoms with Crippen molar-refractivity contribution in [3.8, 4) is 0 Å². The molecule has 5 unspecified atom stereocenters. The number of hydrogen-bond acceptors (Lipinski definition) is 3. The molecule has 4 heteroatoms. The lowest BCUT2D eigenvalue weighted by Gasteiger charge is -2.33. The molecule has 5 atom stereocenters. The number of carbonyl (C=O) groups is 1. The van der Waals surface area contributed by atoms with Crippen LogP contribution in [0.2, 0.25) is 0 Å². The van der Waals surface area contributed by atoms with Gasteiger partial charge in [-0.2, -0.15) is 11.3 Å². The molecule has 1 amide bonds. The van der Waals surface area contributed by atoms with Gasteiger partial charge in [0.2, 0.25) is 5.91 Å². The van der Waals surface area contributed by atoms with Gasteiger partial charge in [0.15, 0.2) is 0 Å². The Bertz CT molecular complexity index is 499. The van der Waals surface area contributed by atoms with Gasteiger partial charge < -0.3 is 4.90 Å². The van der Waals surface area contributed by atoms with E-state index in [1.807, 2.05) is 0 Å². The lowest BCUT2D eigenvalue weighted by molar-refractivity contribution is -0.133. The summed E-state index contributed by atoms with van der Waals surface area (Å²) in [5.74, 6) is 1.93. The summed E-state index contributed by atoms with van der Waals surface area (Å²) < 4.78 is 0. The highest BCUT2D eigenvalue weighted by molar-refractivity contribution is 7.07. The zero-order valence-corrected chi connectivity index (χ0v) is 14.2. The first-order valence-electron chi connectivity index (χ1n) is 8.11. The minimum Gasteiger partial charge on any atom is -0.318 e. The van der Waals surface area contributed by atoms with E-state index >= 15 is 0 Å². The summed E-state index contributed by atoms with van der Waals surface area (Å²) in [6.45, 7) is 8.88. The van der Waals surface area contributed by atoms with Crippen molar-refractivity contribution in [3.05, 3.63) is 22.4 Å². The number of thiophene rings is 1. The summed E-state index contributed by atoms with van der Waals surface area (Å²) in [6, 6.07) is 2.49. The van der Waals surface area contributed by atoms with Crippen LogP contribution >= 0.6 is 11.3 Å². The summed E-state index contributed by atoms with van der Waals surface area (Å²) in [6.07, 6.45) is 2.44. The largest absolute Gasteiger partial charge is 0.318 e. The van der Waals surface area contributed by atoms with E-state index in [2.05, 4.69) is 54.7 Å². The fraction of sp³-hybridized carbons (Fsp3) is 0.706. The molecule has 0 spiro atoms. The van der Waals surface area contributed by atoms with Crippen LogP contribution in [0.4, 0.5) is 0 Å². The first-order valence-corrected chi connectivity index (χ1v) is 9.05. The highest BCUT2D eigenvalue weighted by Gasteiger charge is 2.47. The Hall–Kier alpha value is -0.870. The molecule has 1 saturated heterocycles. The van der Waals surface area contributed by atoms with Crippen molar-refractivity contribution in [2.45, 2.75) is 58.8 Å². The lowest BCUT2D eigenvalue weighted by Crippen LogP contribution is -2.42. The molecule has 21 heavy (non-hydrogen) atoms. The molecule has 1 aromatic rings. The van der Waals surface area contributed by atoms with Crippen LogP contribution in [-0.2, 0) is 4.79 Å². The predicted octanol–water partition coefficient (Wildman–Crippen LogP) is 3.64. The minimum absolute atomic E-state index is 0.0435. The number of nitrogens with zero attached hydrogens (tertiary/aromatic N) is 1. The van der Waals surface area contributed by atoms with Gasteiger partial charge >= 0.3 is 0 Å². The van der Waals surface area contributed by atoms with Crippen molar-refractivity contribution >= 4 is 17.2 Å². The van der Waals surface area contributed by atoms with E-state index in [1.54, 1.807) is 11.3 Å². The molecule has 116 valence electrons. The molecule has 1 N–H and O–H groups in total. The Morgan fingerprint density at radius 1 is 1.33 bits per heavy atom. The van der Waals surface area contributed by atoms with Crippen LogP contribution in [0, 0.1) is 17.8 Å². The second-order valence-corrected chi connectivity index (χ2v) is 7.85. The van der Waals surface area contributed by atoms with Crippen molar-refractivity contribution in [1.82, 2.24) is 10.2 Å². The van der Waals surface area contributed by atoms with E-state index < -0.39 is 0 Å². The van der Waals surface area contributed by atoms with Crippen molar-refractivity contribution in [1.29, 1.82) is 0 Å². The quantitative estimate of drug-likeness (QED) is 0.924. The molecule has 2 aliphatic rings. The topological polar surface area (TPSA) is 32.3 Å². The number of rotatable bonds is 3. The normalized spacial score (nSPS) is 36.9. The lowest BCUT2D eigenvalue weighted by atomic mass is 9.96. The molecule has 2 fully saturated rings. The molecule has 3 nitrogen and oxygen atoms in total. The van der Waals surface area contributed by atoms with Crippen LogP contribution in [0.25, 0.3) is 0 Å². The molecule has 1 aromatic heterocycles. The Morgan fingerprint density at radius 2 is 2.10 bits per heavy atom. The van der Waals surface area contributed by atoms with E-state index in [4.69, 9.17) is 0 Å². The van der Waals surface area contributed by atoms with Gasteiger partial charge in [-0.3, -0.25) is 10.1 Å². The van der Waals surface area contributed by atoms with Crippen molar-refractivity contribution in [2.75, 3.05) is 0 Å². The van der Waals surface area contributed by atoms with E-state index in [0.717, 1.165) is 6.42 Å². The maximum Gasteiger partial charge on any atom is 0.241 e. The fourth-order valence-electron chi connectivity index (χ4n) is 3.86. The Kier molecular flexibility index (Phi) is 4.10. The smallest absolute Gasteiger partial charge is 0.241 e. The maximum absolute atomic E-state index is 13.0. The van der Waals surface area contributed by atoms with Crippen molar-refractivity contribution < 1.29 is 4.79 Å². The SMILES string of the molecule is CC(C)C1NC(c2ccsc2)N(C2CCC(C)C2C)C1=O. The standard InChI is InChI=1S/C17H26N2OS/c1-10(2)15-17(20)19(14-6-5-11(3)12(14)4)16(18-15)13-7-8-21-9-13/h7-12,14-16,18H,5-6H2,1-4H3. The Morgan fingerprint density at radius 3 is 2.62 bits per heavy atom. The van der Waals surface area contributed by atoms with Gasteiger partial charge in [-0.05, 0) is 53.0 Å². The van der Waals surface area contributed by atoms with Gasteiger partial charge in [0.25, 0.3) is 0 Å². The molecule has 0 aromatic carbocycles. The molecule has 1 aliphatic heterocycles. The van der Waals surface area contributed by atoms with Gasteiger partial charge in [0.1, 0.15) is 6.17 Å². The molecule has 0 bridgehead atoms. The average molecular weight is 306 g/mol. The molecule has 0 radical (unpaired) electrons. The van der Waals surface area contributed by atoms with Crippen LogP contribution in [0.3, 0.4) is 0 Å². The number of carbonyl (C=O) groups excluding carboxylic acids is 1. The zero-order valence-electron chi connectivity index (χ0n) is 13.4. The maximum atomic E-state index is 13.0. The highest BCUT2D eigenvalue weighted by Crippen LogP contribution is 2.41. The summed E-state index contributed by atoms with van der Waals surface area (Å²) in [4.78, 5) is 15.1. The van der Waals surface area contributed by atoms with Crippen LogP contribution in [0.1, 0.15) is 52.3 Å². The van der Waals surface area contributed by atoms with Gasteiger partial charge in [-0.25, -0.2) is 0 Å². The molecule has 1 aliphatic carbocycles. The van der Waals surface area contributed by atoms with Gasteiger partial charge in [-0.1, -0.05) is 27.7 Å². The van der Waals surface area contributed by atoms with Crippen LogP contribution < -0.4 is 5.32 Å². The number of hydrogen-bond donors (Lipinski definition) is 1. The van der Waals surface area contributed by atoms with E-state index in [1.165, 1.54) is 12.0 Å². The first kappa shape index (κ1) is 15.0. The second kappa shape index (κ2) is 5.73. The monoisotopic (exact) mass is 306 g/mol. The second-order valence-electron chi connectivity index (χ2n) is 7.07. The van der Waals surface area contributed by atoms with Crippen LogP contribution in [0.15, 0.2) is 16.8 Å². The van der Waals surface area contributed by atoms with Gasteiger partial charge in [0, 0.05) is 6.04 Å². The number of amides is 1. The third kappa shape index (κ3) is 2.53. The number of nitrogens with one attached hydrogen (secondary N) is 1. The van der Waals surface area contributed by atoms with Gasteiger partial charge in [-0.15, -0.1) is 0 Å². The summed E-state index contributed by atoms with van der Waals surface area (Å²) >= 11 is 1.71. The summed E-state index contributed by atoms with van der Waals surface area (Å²) in [5.41, 5.74) is 1.24. The minimum atomic E-state index is -0.0435.